The number of ether oxygens (including phenoxy) is 2. The van der Waals surface area contributed by atoms with Crippen LogP contribution in [0, 0.1) is 0 Å². The average molecular weight is 313 g/mol. The second-order valence-corrected chi connectivity index (χ2v) is 5.65. The molecule has 112 valence electrons. The van der Waals surface area contributed by atoms with Crippen LogP contribution in [0.2, 0.25) is 0 Å². The molecule has 0 unspecified atom stereocenters. The summed E-state index contributed by atoms with van der Waals surface area (Å²) >= 11 is 1.48. The molecule has 0 saturated carbocycles. The molecule has 3 rings (SSSR count). The van der Waals surface area contributed by atoms with Crippen LogP contribution in [-0.2, 0) is 9.53 Å². The van der Waals surface area contributed by atoms with E-state index in [-0.39, 0.29) is 5.70 Å². The van der Waals surface area contributed by atoms with E-state index in [1.165, 1.54) is 11.3 Å². The van der Waals surface area contributed by atoms with Crippen molar-refractivity contribution in [2.24, 2.45) is 4.99 Å². The van der Waals surface area contributed by atoms with E-state index in [2.05, 4.69) is 4.99 Å². The third kappa shape index (κ3) is 3.09. The Bertz CT molecular complexity index is 732. The fourth-order valence-electron chi connectivity index (χ4n) is 2.01. The van der Waals surface area contributed by atoms with Crippen LogP contribution in [0.15, 0.2) is 52.5 Å². The van der Waals surface area contributed by atoms with Crippen LogP contribution >= 0.6 is 11.3 Å². The van der Waals surface area contributed by atoms with Crippen LogP contribution in [-0.4, -0.2) is 18.5 Å². The Morgan fingerprint density at radius 1 is 1.27 bits per heavy atom. The molecule has 1 aromatic carbocycles. The molecule has 4 nitrogen and oxygen atoms in total. The molecule has 1 aromatic heterocycles. The zero-order valence-corrected chi connectivity index (χ0v) is 12.9. The van der Waals surface area contributed by atoms with Gasteiger partial charge in [0.05, 0.1) is 11.5 Å². The fourth-order valence-corrected chi connectivity index (χ4v) is 2.65. The van der Waals surface area contributed by atoms with Gasteiger partial charge in [-0.2, -0.15) is 0 Å². The van der Waals surface area contributed by atoms with Crippen molar-refractivity contribution < 1.29 is 14.3 Å². The molecule has 0 spiro atoms. The highest BCUT2D eigenvalue weighted by Gasteiger charge is 2.25. The maximum absolute atomic E-state index is 12.0. The highest BCUT2D eigenvalue weighted by atomic mass is 32.1. The fraction of sp³-hybridized carbons (Fsp3) is 0.176. The van der Waals surface area contributed by atoms with E-state index < -0.39 is 5.97 Å². The minimum absolute atomic E-state index is 0.288. The molecule has 0 fully saturated rings. The normalized spacial score (nSPS) is 15.8. The van der Waals surface area contributed by atoms with Crippen LogP contribution in [0.3, 0.4) is 0 Å². The first-order chi connectivity index (χ1) is 10.8. The van der Waals surface area contributed by atoms with Crippen molar-refractivity contribution >= 4 is 29.3 Å². The summed E-state index contributed by atoms with van der Waals surface area (Å²) < 4.78 is 10.9. The van der Waals surface area contributed by atoms with Gasteiger partial charge in [-0.15, -0.1) is 11.3 Å². The zero-order chi connectivity index (χ0) is 15.4. The van der Waals surface area contributed by atoms with Gasteiger partial charge in [0.25, 0.3) is 0 Å². The molecule has 0 atom stereocenters. The van der Waals surface area contributed by atoms with Gasteiger partial charge in [-0.05, 0) is 30.0 Å². The SMILES string of the molecule is CCCOc1ccccc1/C=C1\N=C(c2cccs2)OC1=O. The zero-order valence-electron chi connectivity index (χ0n) is 12.1. The van der Waals surface area contributed by atoms with Gasteiger partial charge >= 0.3 is 5.97 Å². The lowest BCUT2D eigenvalue weighted by Crippen LogP contribution is -2.03. The maximum atomic E-state index is 12.0. The van der Waals surface area contributed by atoms with E-state index in [1.807, 2.05) is 48.7 Å². The number of hydrogen-bond donors (Lipinski definition) is 0. The summed E-state index contributed by atoms with van der Waals surface area (Å²) in [6.45, 7) is 2.68. The minimum Gasteiger partial charge on any atom is -0.493 e. The Balaban J connectivity index is 1.90. The lowest BCUT2D eigenvalue weighted by Gasteiger charge is -2.07. The Morgan fingerprint density at radius 3 is 2.91 bits per heavy atom. The highest BCUT2D eigenvalue weighted by molar-refractivity contribution is 7.12. The summed E-state index contributed by atoms with van der Waals surface area (Å²) in [7, 11) is 0. The number of rotatable bonds is 5. The van der Waals surface area contributed by atoms with E-state index in [0.717, 1.165) is 22.6 Å². The number of carbonyl (C=O) groups is 1. The number of carbonyl (C=O) groups excluding carboxylic acids is 1. The number of benzene rings is 1. The van der Waals surface area contributed by atoms with E-state index in [9.17, 15) is 4.79 Å². The van der Waals surface area contributed by atoms with E-state index in [1.54, 1.807) is 6.08 Å². The van der Waals surface area contributed by atoms with E-state index >= 15 is 0 Å². The molecule has 0 bridgehead atoms. The quantitative estimate of drug-likeness (QED) is 0.621. The number of esters is 1. The van der Waals surface area contributed by atoms with E-state index in [0.29, 0.717) is 12.5 Å². The number of thiophene rings is 1. The minimum atomic E-state index is -0.436. The van der Waals surface area contributed by atoms with Gasteiger partial charge in [0.15, 0.2) is 5.70 Å². The lowest BCUT2D eigenvalue weighted by molar-refractivity contribution is -0.129. The molecule has 2 aromatic rings. The monoisotopic (exact) mass is 313 g/mol. The van der Waals surface area contributed by atoms with Crippen LogP contribution in [0.5, 0.6) is 5.75 Å². The van der Waals surface area contributed by atoms with Crippen LogP contribution in [0.1, 0.15) is 23.8 Å². The summed E-state index contributed by atoms with van der Waals surface area (Å²) in [5.74, 6) is 0.663. The Hall–Kier alpha value is -2.40. The molecule has 1 aliphatic heterocycles. The van der Waals surface area contributed by atoms with Crippen molar-refractivity contribution in [2.75, 3.05) is 6.61 Å². The molecule has 0 N–H and O–H groups in total. The van der Waals surface area contributed by atoms with Gasteiger partial charge in [-0.25, -0.2) is 9.79 Å². The number of cyclic esters (lactones) is 1. The third-order valence-corrected chi connectivity index (χ3v) is 3.88. The van der Waals surface area contributed by atoms with Crippen molar-refractivity contribution in [2.45, 2.75) is 13.3 Å². The molecule has 22 heavy (non-hydrogen) atoms. The van der Waals surface area contributed by atoms with Crippen LogP contribution in [0.25, 0.3) is 6.08 Å². The predicted octanol–water partition coefficient (Wildman–Crippen LogP) is 3.88. The number of hydrogen-bond acceptors (Lipinski definition) is 5. The molecular weight excluding hydrogens is 298 g/mol. The number of para-hydroxylation sites is 1. The largest absolute Gasteiger partial charge is 0.493 e. The topological polar surface area (TPSA) is 47.9 Å². The second kappa shape index (κ2) is 6.58. The molecule has 2 heterocycles. The molecule has 0 amide bonds. The van der Waals surface area contributed by atoms with Gasteiger partial charge in [0.2, 0.25) is 5.90 Å². The second-order valence-electron chi connectivity index (χ2n) is 4.70. The van der Waals surface area contributed by atoms with Gasteiger partial charge in [0, 0.05) is 5.56 Å². The summed E-state index contributed by atoms with van der Waals surface area (Å²) in [5, 5.41) is 1.92. The molecule has 0 aliphatic carbocycles. The van der Waals surface area contributed by atoms with Gasteiger partial charge in [-0.3, -0.25) is 0 Å². The smallest absolute Gasteiger partial charge is 0.363 e. The summed E-state index contributed by atoms with van der Waals surface area (Å²) in [6, 6.07) is 11.3. The third-order valence-electron chi connectivity index (χ3n) is 3.03. The van der Waals surface area contributed by atoms with Crippen LogP contribution < -0.4 is 4.74 Å². The first-order valence-electron chi connectivity index (χ1n) is 7.06. The molecule has 0 saturated heterocycles. The van der Waals surface area contributed by atoms with Crippen LogP contribution in [0.4, 0.5) is 0 Å². The summed E-state index contributed by atoms with van der Waals surface area (Å²) in [5.41, 5.74) is 1.11. The van der Waals surface area contributed by atoms with Gasteiger partial charge in [-0.1, -0.05) is 31.2 Å². The molecule has 1 aliphatic rings. The first kappa shape index (κ1) is 14.5. The lowest BCUT2D eigenvalue weighted by atomic mass is 10.1. The number of nitrogens with zero attached hydrogens (tertiary/aromatic N) is 1. The van der Waals surface area contributed by atoms with Gasteiger partial charge in [0.1, 0.15) is 5.75 Å². The highest BCUT2D eigenvalue weighted by Crippen LogP contribution is 2.25. The predicted molar refractivity (Wildman–Crippen MR) is 87.2 cm³/mol. The standard InChI is InChI=1S/C17H15NO3S/c1-2-9-20-14-7-4-3-6-12(14)11-13-17(19)21-16(18-13)15-8-5-10-22-15/h3-8,10-11H,2,9H2,1H3/b13-11-. The molecule has 5 heteroatoms. The van der Waals surface area contributed by atoms with Crippen molar-refractivity contribution in [3.8, 4) is 5.75 Å². The first-order valence-corrected chi connectivity index (χ1v) is 7.94. The van der Waals surface area contributed by atoms with E-state index in [4.69, 9.17) is 9.47 Å². The Kier molecular flexibility index (Phi) is 4.34. The van der Waals surface area contributed by atoms with Crippen molar-refractivity contribution in [1.29, 1.82) is 0 Å². The Morgan fingerprint density at radius 2 is 2.14 bits per heavy atom. The number of aliphatic imine (C=N–C) groups is 1. The summed E-state index contributed by atoms with van der Waals surface area (Å²) in [6.07, 6.45) is 2.63. The average Bonchev–Trinajstić information content (AvgIpc) is 3.17. The van der Waals surface area contributed by atoms with Gasteiger partial charge < -0.3 is 9.47 Å². The molecular formula is C17H15NO3S. The van der Waals surface area contributed by atoms with Crippen molar-refractivity contribution in [1.82, 2.24) is 0 Å². The molecule has 0 radical (unpaired) electrons. The maximum Gasteiger partial charge on any atom is 0.363 e. The summed E-state index contributed by atoms with van der Waals surface area (Å²) in [4.78, 5) is 17.1. The van der Waals surface area contributed by atoms with Crippen molar-refractivity contribution in [3.63, 3.8) is 0 Å². The Labute approximate surface area is 132 Å². The van der Waals surface area contributed by atoms with Crippen molar-refractivity contribution in [3.05, 3.63) is 57.9 Å².